The van der Waals surface area contributed by atoms with Gasteiger partial charge in [0.15, 0.2) is 10.8 Å². The molecule has 2 aromatic heterocycles. The SMILES string of the molecule is CCc1ccc(-n2c(SCC(=O)Nc3ccc(OC)cc3OC)nc3[nH]ncc3c2=O)cc1. The molecule has 1 amide bonds. The van der Waals surface area contributed by atoms with Gasteiger partial charge in [0, 0.05) is 6.07 Å². The molecule has 4 rings (SSSR count). The van der Waals surface area contributed by atoms with Gasteiger partial charge in [-0.2, -0.15) is 5.10 Å². The molecule has 0 bridgehead atoms. The fourth-order valence-electron chi connectivity index (χ4n) is 3.30. The van der Waals surface area contributed by atoms with E-state index in [1.165, 1.54) is 17.9 Å². The molecule has 0 fully saturated rings. The molecule has 2 N–H and O–H groups in total. The molecule has 0 unspecified atom stereocenters. The van der Waals surface area contributed by atoms with Gasteiger partial charge in [0.05, 0.1) is 37.5 Å². The standard InChI is InChI=1S/C23H23N5O4S/c1-4-14-5-7-15(8-6-14)28-22(30)17-12-24-27-21(17)26-23(28)33-13-20(29)25-18-10-9-16(31-2)11-19(18)32-3/h5-12H,4,13H2,1-3H3,(H,24,27)(H,25,29). The molecule has 0 aliphatic heterocycles. The van der Waals surface area contributed by atoms with Gasteiger partial charge in [0.1, 0.15) is 16.9 Å². The monoisotopic (exact) mass is 465 g/mol. The predicted molar refractivity (Wildman–Crippen MR) is 128 cm³/mol. The number of amides is 1. The van der Waals surface area contributed by atoms with Gasteiger partial charge < -0.3 is 14.8 Å². The van der Waals surface area contributed by atoms with E-state index in [9.17, 15) is 9.59 Å². The molecule has 33 heavy (non-hydrogen) atoms. The molecule has 0 spiro atoms. The number of H-pyrrole nitrogens is 1. The van der Waals surface area contributed by atoms with Gasteiger partial charge in [-0.1, -0.05) is 30.8 Å². The number of hydrogen-bond acceptors (Lipinski definition) is 7. The van der Waals surface area contributed by atoms with Gasteiger partial charge in [-0.25, -0.2) is 4.98 Å². The Kier molecular flexibility index (Phi) is 6.64. The number of aryl methyl sites for hydroxylation is 1. The number of aromatic amines is 1. The molecule has 2 heterocycles. The fourth-order valence-corrected chi connectivity index (χ4v) is 4.10. The molecule has 10 heteroatoms. The number of fused-ring (bicyclic) bond motifs is 1. The number of carbonyl (C=O) groups excluding carboxylic acids is 1. The largest absolute Gasteiger partial charge is 0.497 e. The molecule has 4 aromatic rings. The second kappa shape index (κ2) is 9.78. The van der Waals surface area contributed by atoms with Crippen molar-refractivity contribution in [1.82, 2.24) is 19.7 Å². The van der Waals surface area contributed by atoms with Gasteiger partial charge in [-0.15, -0.1) is 0 Å². The lowest BCUT2D eigenvalue weighted by Gasteiger charge is -2.13. The van der Waals surface area contributed by atoms with Crippen LogP contribution in [0.5, 0.6) is 11.5 Å². The van der Waals surface area contributed by atoms with Crippen molar-refractivity contribution >= 4 is 34.4 Å². The van der Waals surface area contributed by atoms with Crippen LogP contribution in [0.3, 0.4) is 0 Å². The van der Waals surface area contributed by atoms with Crippen molar-refractivity contribution in [2.75, 3.05) is 25.3 Å². The van der Waals surface area contributed by atoms with Gasteiger partial charge in [0.2, 0.25) is 5.91 Å². The first-order valence-corrected chi connectivity index (χ1v) is 11.2. The second-order valence-electron chi connectivity index (χ2n) is 7.09. The van der Waals surface area contributed by atoms with Crippen LogP contribution in [0.4, 0.5) is 5.69 Å². The maximum atomic E-state index is 13.2. The number of carbonyl (C=O) groups is 1. The summed E-state index contributed by atoms with van der Waals surface area (Å²) in [6, 6.07) is 12.8. The summed E-state index contributed by atoms with van der Waals surface area (Å²) >= 11 is 1.16. The van der Waals surface area contributed by atoms with Crippen molar-refractivity contribution in [3.05, 3.63) is 64.6 Å². The van der Waals surface area contributed by atoms with Crippen LogP contribution in [0.1, 0.15) is 12.5 Å². The highest BCUT2D eigenvalue weighted by molar-refractivity contribution is 7.99. The summed E-state index contributed by atoms with van der Waals surface area (Å²) in [7, 11) is 3.08. The molecule has 0 aliphatic carbocycles. The van der Waals surface area contributed by atoms with Gasteiger partial charge in [-0.3, -0.25) is 19.3 Å². The Morgan fingerprint density at radius 3 is 2.64 bits per heavy atom. The lowest BCUT2D eigenvalue weighted by molar-refractivity contribution is -0.113. The van der Waals surface area contributed by atoms with Crippen LogP contribution in [0.2, 0.25) is 0 Å². The number of rotatable bonds is 8. The number of anilines is 1. The van der Waals surface area contributed by atoms with Crippen LogP contribution < -0.4 is 20.3 Å². The first-order valence-electron chi connectivity index (χ1n) is 10.2. The Bertz CT molecular complexity index is 1350. The van der Waals surface area contributed by atoms with Crippen LogP contribution in [-0.4, -0.2) is 45.6 Å². The number of hydrogen-bond donors (Lipinski definition) is 2. The molecule has 0 aliphatic rings. The number of ether oxygens (including phenoxy) is 2. The van der Waals surface area contributed by atoms with Crippen molar-refractivity contribution in [2.45, 2.75) is 18.5 Å². The number of methoxy groups -OCH3 is 2. The average molecular weight is 466 g/mol. The lowest BCUT2D eigenvalue weighted by atomic mass is 10.1. The molecular weight excluding hydrogens is 442 g/mol. The molecule has 9 nitrogen and oxygen atoms in total. The Morgan fingerprint density at radius 2 is 1.94 bits per heavy atom. The Hall–Kier alpha value is -3.79. The maximum absolute atomic E-state index is 13.2. The predicted octanol–water partition coefficient (Wildman–Crippen LogP) is 3.42. The third-order valence-corrected chi connectivity index (χ3v) is 6.01. The van der Waals surface area contributed by atoms with Crippen molar-refractivity contribution in [2.24, 2.45) is 0 Å². The van der Waals surface area contributed by atoms with Crippen LogP contribution in [0, 0.1) is 0 Å². The zero-order chi connectivity index (χ0) is 23.4. The van der Waals surface area contributed by atoms with Crippen LogP contribution in [0.25, 0.3) is 16.7 Å². The van der Waals surface area contributed by atoms with Crippen molar-refractivity contribution in [3.8, 4) is 17.2 Å². The topological polar surface area (TPSA) is 111 Å². The molecule has 0 atom stereocenters. The second-order valence-corrected chi connectivity index (χ2v) is 8.03. The number of benzene rings is 2. The highest BCUT2D eigenvalue weighted by Gasteiger charge is 2.17. The molecule has 2 aromatic carbocycles. The summed E-state index contributed by atoms with van der Waals surface area (Å²) in [4.78, 5) is 30.4. The number of thioether (sulfide) groups is 1. The van der Waals surface area contributed by atoms with Gasteiger partial charge in [-0.05, 0) is 36.2 Å². The minimum Gasteiger partial charge on any atom is -0.497 e. The maximum Gasteiger partial charge on any atom is 0.269 e. The summed E-state index contributed by atoms with van der Waals surface area (Å²) < 4.78 is 12.0. The van der Waals surface area contributed by atoms with E-state index in [2.05, 4.69) is 27.4 Å². The van der Waals surface area contributed by atoms with Gasteiger partial charge in [0.25, 0.3) is 5.56 Å². The minimum absolute atomic E-state index is 0.0360. The highest BCUT2D eigenvalue weighted by atomic mass is 32.2. The summed E-state index contributed by atoms with van der Waals surface area (Å²) in [5.41, 5.74) is 2.48. The van der Waals surface area contributed by atoms with E-state index in [1.807, 2.05) is 24.3 Å². The van der Waals surface area contributed by atoms with E-state index in [1.54, 1.807) is 25.3 Å². The summed E-state index contributed by atoms with van der Waals surface area (Å²) in [5, 5.41) is 10.3. The lowest BCUT2D eigenvalue weighted by Crippen LogP contribution is -2.22. The van der Waals surface area contributed by atoms with E-state index in [0.717, 1.165) is 23.7 Å². The van der Waals surface area contributed by atoms with Crippen LogP contribution in [0.15, 0.2) is 58.6 Å². The zero-order valence-corrected chi connectivity index (χ0v) is 19.2. The smallest absolute Gasteiger partial charge is 0.269 e. The highest BCUT2D eigenvalue weighted by Crippen LogP contribution is 2.29. The van der Waals surface area contributed by atoms with Gasteiger partial charge >= 0.3 is 0 Å². The average Bonchev–Trinajstić information content (AvgIpc) is 3.32. The Balaban J connectivity index is 1.60. The third kappa shape index (κ3) is 4.70. The van der Waals surface area contributed by atoms with E-state index in [0.29, 0.717) is 39.1 Å². The number of nitrogens with zero attached hydrogens (tertiary/aromatic N) is 3. The third-order valence-electron chi connectivity index (χ3n) is 5.07. The van der Waals surface area contributed by atoms with Crippen molar-refractivity contribution in [3.63, 3.8) is 0 Å². The normalized spacial score (nSPS) is 10.9. The molecular formula is C23H23N5O4S. The van der Waals surface area contributed by atoms with Crippen LogP contribution >= 0.6 is 11.8 Å². The van der Waals surface area contributed by atoms with Crippen molar-refractivity contribution < 1.29 is 14.3 Å². The quantitative estimate of drug-likeness (QED) is 0.303. The summed E-state index contributed by atoms with van der Waals surface area (Å²) in [6.07, 6.45) is 2.35. The first-order chi connectivity index (χ1) is 16.0. The van der Waals surface area contributed by atoms with E-state index in [-0.39, 0.29) is 17.2 Å². The number of nitrogens with one attached hydrogen (secondary N) is 2. The van der Waals surface area contributed by atoms with E-state index < -0.39 is 0 Å². The fraction of sp³-hybridized carbons (Fsp3) is 0.217. The Morgan fingerprint density at radius 1 is 1.15 bits per heavy atom. The van der Waals surface area contributed by atoms with Crippen LogP contribution in [-0.2, 0) is 11.2 Å². The van der Waals surface area contributed by atoms with Crippen molar-refractivity contribution in [1.29, 1.82) is 0 Å². The zero-order valence-electron chi connectivity index (χ0n) is 18.4. The van der Waals surface area contributed by atoms with E-state index in [4.69, 9.17) is 9.47 Å². The minimum atomic E-state index is -0.268. The molecule has 0 saturated carbocycles. The first kappa shape index (κ1) is 22.4. The molecule has 0 radical (unpaired) electrons. The van der Waals surface area contributed by atoms with E-state index >= 15 is 0 Å². The molecule has 170 valence electrons. The number of aromatic nitrogens is 4. The Labute approximate surface area is 194 Å². The summed E-state index contributed by atoms with van der Waals surface area (Å²) in [5.74, 6) is 0.872. The summed E-state index contributed by atoms with van der Waals surface area (Å²) in [6.45, 7) is 2.07. The molecule has 0 saturated heterocycles.